The largest absolute Gasteiger partial charge is 0.495 e. The average Bonchev–Trinajstić information content (AvgIpc) is 2.77. The number of carbonyl (C=O) groups excluding carboxylic acids is 2. The summed E-state index contributed by atoms with van der Waals surface area (Å²) >= 11 is 0. The van der Waals surface area contributed by atoms with E-state index in [0.29, 0.717) is 19.2 Å². The quantitative estimate of drug-likeness (QED) is 0.627. The van der Waals surface area contributed by atoms with Gasteiger partial charge in [-0.1, -0.05) is 6.42 Å². The van der Waals surface area contributed by atoms with Crippen molar-refractivity contribution in [2.45, 2.75) is 24.2 Å². The molecule has 1 N–H and O–H groups in total. The lowest BCUT2D eigenvalue weighted by atomic mass is 10.2. The number of sulfonamides is 1. The molecule has 2 aromatic rings. The molecule has 11 heteroatoms. The molecular weight excluding hydrogens is 446 g/mol. The number of amides is 1. The van der Waals surface area contributed by atoms with Gasteiger partial charge in [-0.3, -0.25) is 4.79 Å². The zero-order valence-electron chi connectivity index (χ0n) is 17.3. The van der Waals surface area contributed by atoms with E-state index in [4.69, 9.17) is 9.47 Å². The molecule has 8 nitrogen and oxygen atoms in total. The molecule has 0 aromatic heterocycles. The summed E-state index contributed by atoms with van der Waals surface area (Å²) in [6, 6.07) is 6.28. The van der Waals surface area contributed by atoms with Gasteiger partial charge in [-0.25, -0.2) is 22.0 Å². The second-order valence-corrected chi connectivity index (χ2v) is 9.02. The van der Waals surface area contributed by atoms with Crippen LogP contribution in [0.2, 0.25) is 0 Å². The molecule has 0 unspecified atom stereocenters. The van der Waals surface area contributed by atoms with Crippen LogP contribution in [0.1, 0.15) is 29.6 Å². The van der Waals surface area contributed by atoms with Crippen molar-refractivity contribution in [2.75, 3.05) is 32.1 Å². The van der Waals surface area contributed by atoms with Crippen molar-refractivity contribution in [1.29, 1.82) is 0 Å². The van der Waals surface area contributed by atoms with Gasteiger partial charge in [0.05, 0.1) is 12.7 Å². The van der Waals surface area contributed by atoms with Gasteiger partial charge in [0, 0.05) is 24.8 Å². The number of hydrogen-bond acceptors (Lipinski definition) is 6. The number of piperidine rings is 1. The lowest BCUT2D eigenvalue weighted by Gasteiger charge is -2.26. The summed E-state index contributed by atoms with van der Waals surface area (Å²) in [6.07, 6.45) is 2.48. The van der Waals surface area contributed by atoms with Gasteiger partial charge in [0.1, 0.15) is 22.3 Å². The average molecular weight is 468 g/mol. The van der Waals surface area contributed by atoms with Gasteiger partial charge in [-0.15, -0.1) is 0 Å². The van der Waals surface area contributed by atoms with E-state index >= 15 is 0 Å². The van der Waals surface area contributed by atoms with Crippen molar-refractivity contribution in [1.82, 2.24) is 4.31 Å². The van der Waals surface area contributed by atoms with E-state index in [2.05, 4.69) is 5.32 Å². The maximum absolute atomic E-state index is 13.2. The second kappa shape index (κ2) is 10.0. The van der Waals surface area contributed by atoms with Gasteiger partial charge < -0.3 is 14.8 Å². The van der Waals surface area contributed by atoms with Crippen LogP contribution in [0.4, 0.5) is 14.5 Å². The summed E-state index contributed by atoms with van der Waals surface area (Å²) in [6.45, 7) is 0.0641. The van der Waals surface area contributed by atoms with E-state index in [1.165, 1.54) is 29.6 Å². The summed E-state index contributed by atoms with van der Waals surface area (Å²) in [4.78, 5) is 24.0. The van der Waals surface area contributed by atoms with Crippen LogP contribution in [0.15, 0.2) is 41.3 Å². The van der Waals surface area contributed by atoms with Crippen molar-refractivity contribution in [3.05, 3.63) is 53.6 Å². The number of halogens is 2. The fraction of sp³-hybridized carbons (Fsp3) is 0.333. The number of nitrogens with zero attached hydrogens (tertiary/aromatic N) is 1. The van der Waals surface area contributed by atoms with E-state index in [-0.39, 0.29) is 21.9 Å². The Morgan fingerprint density at radius 2 is 1.69 bits per heavy atom. The van der Waals surface area contributed by atoms with Gasteiger partial charge in [0.15, 0.2) is 6.61 Å². The highest BCUT2D eigenvalue weighted by atomic mass is 32.2. The second-order valence-electron chi connectivity index (χ2n) is 7.11. The Kier molecular flexibility index (Phi) is 7.41. The molecule has 0 spiro atoms. The molecule has 0 aliphatic carbocycles. The van der Waals surface area contributed by atoms with Gasteiger partial charge in [-0.2, -0.15) is 4.31 Å². The predicted octanol–water partition coefficient (Wildman–Crippen LogP) is 2.94. The minimum atomic E-state index is -3.83. The zero-order chi connectivity index (χ0) is 23.3. The van der Waals surface area contributed by atoms with Crippen LogP contribution in [0.5, 0.6) is 5.75 Å². The Morgan fingerprint density at radius 1 is 1.03 bits per heavy atom. The molecule has 0 radical (unpaired) electrons. The lowest BCUT2D eigenvalue weighted by Crippen LogP contribution is -2.35. The maximum atomic E-state index is 13.2. The molecule has 1 fully saturated rings. The Morgan fingerprint density at radius 3 is 2.31 bits per heavy atom. The Hall–Kier alpha value is -3.05. The molecule has 1 aliphatic heterocycles. The third-order valence-corrected chi connectivity index (χ3v) is 6.73. The highest BCUT2D eigenvalue weighted by Crippen LogP contribution is 2.31. The van der Waals surface area contributed by atoms with Gasteiger partial charge >= 0.3 is 5.97 Å². The summed E-state index contributed by atoms with van der Waals surface area (Å²) < 4.78 is 63.8. The molecule has 2 aromatic carbocycles. The molecule has 1 amide bonds. The predicted molar refractivity (Wildman–Crippen MR) is 111 cm³/mol. The SMILES string of the molecule is COc1ccc(NC(=O)COC(=O)c2cc(F)cc(F)c2)cc1S(=O)(=O)N1CCCCC1. The van der Waals surface area contributed by atoms with Crippen LogP contribution < -0.4 is 10.1 Å². The van der Waals surface area contributed by atoms with Gasteiger partial charge in [0.25, 0.3) is 5.91 Å². The van der Waals surface area contributed by atoms with Crippen molar-refractivity contribution < 1.29 is 36.3 Å². The molecule has 1 saturated heterocycles. The number of nitrogens with one attached hydrogen (secondary N) is 1. The van der Waals surface area contributed by atoms with E-state index < -0.39 is 40.1 Å². The fourth-order valence-corrected chi connectivity index (χ4v) is 4.98. The maximum Gasteiger partial charge on any atom is 0.338 e. The van der Waals surface area contributed by atoms with E-state index in [1.54, 1.807) is 0 Å². The van der Waals surface area contributed by atoms with Crippen LogP contribution in [0, 0.1) is 11.6 Å². The first-order valence-electron chi connectivity index (χ1n) is 9.82. The Balaban J connectivity index is 1.69. The number of ether oxygens (including phenoxy) is 2. The molecule has 0 bridgehead atoms. The van der Waals surface area contributed by atoms with Crippen LogP contribution >= 0.6 is 0 Å². The number of methoxy groups -OCH3 is 1. The van der Waals surface area contributed by atoms with E-state index in [1.807, 2.05) is 0 Å². The fourth-order valence-electron chi connectivity index (χ4n) is 3.28. The summed E-state index contributed by atoms with van der Waals surface area (Å²) in [5.41, 5.74) is -0.228. The minimum absolute atomic E-state index is 0.0908. The van der Waals surface area contributed by atoms with Crippen molar-refractivity contribution >= 4 is 27.6 Å². The molecule has 0 saturated carbocycles. The summed E-state index contributed by atoms with van der Waals surface area (Å²) in [5.74, 6) is -3.62. The van der Waals surface area contributed by atoms with Crippen LogP contribution in [0.3, 0.4) is 0 Å². The number of benzene rings is 2. The van der Waals surface area contributed by atoms with Crippen molar-refractivity contribution in [3.8, 4) is 5.75 Å². The van der Waals surface area contributed by atoms with Crippen molar-refractivity contribution in [3.63, 3.8) is 0 Å². The first-order chi connectivity index (χ1) is 15.2. The topological polar surface area (TPSA) is 102 Å². The van der Waals surface area contributed by atoms with Crippen LogP contribution in [-0.4, -0.2) is 51.4 Å². The zero-order valence-corrected chi connectivity index (χ0v) is 18.1. The highest BCUT2D eigenvalue weighted by Gasteiger charge is 2.29. The first-order valence-corrected chi connectivity index (χ1v) is 11.3. The molecule has 0 atom stereocenters. The molecule has 3 rings (SSSR count). The Bertz CT molecular complexity index is 1100. The van der Waals surface area contributed by atoms with Crippen LogP contribution in [-0.2, 0) is 19.6 Å². The number of anilines is 1. The van der Waals surface area contributed by atoms with Crippen LogP contribution in [0.25, 0.3) is 0 Å². The number of hydrogen-bond donors (Lipinski definition) is 1. The van der Waals surface area contributed by atoms with Gasteiger partial charge in [0.2, 0.25) is 10.0 Å². The minimum Gasteiger partial charge on any atom is -0.495 e. The monoisotopic (exact) mass is 468 g/mol. The lowest BCUT2D eigenvalue weighted by molar-refractivity contribution is -0.119. The smallest absolute Gasteiger partial charge is 0.338 e. The van der Waals surface area contributed by atoms with E-state index in [0.717, 1.165) is 31.4 Å². The number of rotatable bonds is 7. The third-order valence-electron chi connectivity index (χ3n) is 4.81. The summed E-state index contributed by atoms with van der Waals surface area (Å²) in [5, 5.41) is 2.44. The highest BCUT2D eigenvalue weighted by molar-refractivity contribution is 7.89. The molecular formula is C21H22F2N2O6S. The Labute approximate surface area is 184 Å². The van der Waals surface area contributed by atoms with Gasteiger partial charge in [-0.05, 0) is 43.2 Å². The molecule has 172 valence electrons. The normalized spacial score (nSPS) is 14.6. The van der Waals surface area contributed by atoms with Crippen molar-refractivity contribution in [2.24, 2.45) is 0 Å². The number of carbonyl (C=O) groups is 2. The standard InChI is InChI=1S/C21H22F2N2O6S/c1-30-18-6-5-17(12-19(18)32(28,29)25-7-3-2-4-8-25)24-20(26)13-31-21(27)14-9-15(22)11-16(23)10-14/h5-6,9-12H,2-4,7-8,13H2,1H3,(H,24,26). The van der Waals surface area contributed by atoms with E-state index in [9.17, 15) is 26.8 Å². The first kappa shape index (κ1) is 23.6. The summed E-state index contributed by atoms with van der Waals surface area (Å²) in [7, 11) is -2.49. The third kappa shape index (κ3) is 5.60. The molecule has 32 heavy (non-hydrogen) atoms. The molecule has 1 heterocycles. The molecule has 1 aliphatic rings. The number of esters is 1.